The zero-order chi connectivity index (χ0) is 20.2. The van der Waals surface area contributed by atoms with Gasteiger partial charge in [0.15, 0.2) is 11.7 Å². The fraction of sp³-hybridized carbons (Fsp3) is 0.400. The molecule has 2 aromatic rings. The first-order valence-corrected chi connectivity index (χ1v) is 9.38. The molecule has 0 fully saturated rings. The zero-order valence-corrected chi connectivity index (χ0v) is 16.2. The van der Waals surface area contributed by atoms with Gasteiger partial charge in [-0.3, -0.25) is 4.79 Å². The lowest BCUT2D eigenvalue weighted by molar-refractivity contribution is 0.0926. The predicted molar refractivity (Wildman–Crippen MR) is 106 cm³/mol. The number of aliphatic imine (C=N–C) groups is 1. The maximum Gasteiger partial charge on any atom is 0.287 e. The van der Waals surface area contributed by atoms with Crippen molar-refractivity contribution in [3.05, 3.63) is 54.2 Å². The van der Waals surface area contributed by atoms with E-state index in [2.05, 4.69) is 20.9 Å². The highest BCUT2D eigenvalue weighted by Crippen LogP contribution is 2.15. The summed E-state index contributed by atoms with van der Waals surface area (Å²) in [5.74, 6) is 0.795. The number of ether oxygens (including phenoxy) is 1. The van der Waals surface area contributed by atoms with Crippen molar-refractivity contribution in [2.45, 2.75) is 26.4 Å². The van der Waals surface area contributed by atoms with Crippen LogP contribution in [0.1, 0.15) is 30.8 Å². The summed E-state index contributed by atoms with van der Waals surface area (Å²) in [5.41, 5.74) is 0. The van der Waals surface area contributed by atoms with Crippen molar-refractivity contribution in [2.75, 3.05) is 26.2 Å². The van der Waals surface area contributed by atoms with Crippen LogP contribution >= 0.6 is 0 Å². The van der Waals surface area contributed by atoms with Crippen LogP contribution in [0.3, 0.4) is 0 Å². The molecule has 3 N–H and O–H groups in total. The van der Waals surface area contributed by atoms with E-state index in [-0.39, 0.29) is 23.6 Å². The second-order valence-electron chi connectivity index (χ2n) is 5.99. The van der Waals surface area contributed by atoms with Crippen LogP contribution in [0, 0.1) is 5.82 Å². The minimum Gasteiger partial charge on any atom is -0.488 e. The minimum absolute atomic E-state index is 0.170. The highest BCUT2D eigenvalue weighted by atomic mass is 19.1. The van der Waals surface area contributed by atoms with Gasteiger partial charge in [-0.2, -0.15) is 0 Å². The Morgan fingerprint density at radius 2 is 2.00 bits per heavy atom. The van der Waals surface area contributed by atoms with Crippen LogP contribution < -0.4 is 20.7 Å². The normalized spacial score (nSPS) is 12.3. The molecular formula is C20H27FN4O3. The van der Waals surface area contributed by atoms with E-state index in [0.29, 0.717) is 37.9 Å². The average Bonchev–Trinajstić information content (AvgIpc) is 3.23. The van der Waals surface area contributed by atoms with E-state index < -0.39 is 0 Å². The monoisotopic (exact) mass is 390 g/mol. The summed E-state index contributed by atoms with van der Waals surface area (Å²) in [6.45, 7) is 5.99. The molecule has 0 aliphatic rings. The molecule has 0 aliphatic carbocycles. The summed E-state index contributed by atoms with van der Waals surface area (Å²) >= 11 is 0. The van der Waals surface area contributed by atoms with Gasteiger partial charge in [0.25, 0.3) is 5.91 Å². The molecule has 0 radical (unpaired) electrons. The van der Waals surface area contributed by atoms with Crippen molar-refractivity contribution in [2.24, 2.45) is 4.99 Å². The first kappa shape index (κ1) is 21.3. The van der Waals surface area contributed by atoms with Crippen LogP contribution in [0.4, 0.5) is 4.39 Å². The number of benzene rings is 1. The highest BCUT2D eigenvalue weighted by Gasteiger charge is 2.10. The number of amides is 1. The summed E-state index contributed by atoms with van der Waals surface area (Å²) in [7, 11) is 0. The van der Waals surface area contributed by atoms with Gasteiger partial charge in [-0.05, 0) is 37.6 Å². The number of nitrogens with zero attached hydrogens (tertiary/aromatic N) is 1. The molecule has 0 saturated carbocycles. The summed E-state index contributed by atoms with van der Waals surface area (Å²) in [4.78, 5) is 16.3. The number of carbonyl (C=O) groups is 1. The maximum atomic E-state index is 13.3. The molecule has 1 atom stereocenters. The molecule has 1 unspecified atom stereocenters. The van der Waals surface area contributed by atoms with Crippen molar-refractivity contribution in [1.29, 1.82) is 0 Å². The van der Waals surface area contributed by atoms with Crippen molar-refractivity contribution in [3.63, 3.8) is 0 Å². The highest BCUT2D eigenvalue weighted by molar-refractivity contribution is 5.91. The molecular weight excluding hydrogens is 363 g/mol. The number of guanidine groups is 1. The van der Waals surface area contributed by atoms with Crippen LogP contribution in [0.25, 0.3) is 0 Å². The van der Waals surface area contributed by atoms with Crippen molar-refractivity contribution >= 4 is 11.9 Å². The van der Waals surface area contributed by atoms with E-state index in [1.807, 2.05) is 13.8 Å². The van der Waals surface area contributed by atoms with E-state index in [1.165, 1.54) is 18.4 Å². The number of furan rings is 1. The van der Waals surface area contributed by atoms with Crippen LogP contribution in [0.5, 0.6) is 5.75 Å². The smallest absolute Gasteiger partial charge is 0.287 e. The Morgan fingerprint density at radius 1 is 1.18 bits per heavy atom. The lowest BCUT2D eigenvalue weighted by Crippen LogP contribution is -2.42. The molecule has 152 valence electrons. The van der Waals surface area contributed by atoms with Crippen LogP contribution in [-0.4, -0.2) is 44.1 Å². The molecule has 28 heavy (non-hydrogen) atoms. The van der Waals surface area contributed by atoms with E-state index in [1.54, 1.807) is 24.3 Å². The third-order valence-electron chi connectivity index (χ3n) is 3.80. The lowest BCUT2D eigenvalue weighted by Gasteiger charge is -2.17. The van der Waals surface area contributed by atoms with Gasteiger partial charge >= 0.3 is 0 Å². The van der Waals surface area contributed by atoms with Gasteiger partial charge in [0.1, 0.15) is 17.7 Å². The number of carbonyl (C=O) groups excluding carboxylic acids is 1. The number of rotatable bonds is 10. The fourth-order valence-corrected chi connectivity index (χ4v) is 2.37. The van der Waals surface area contributed by atoms with E-state index in [9.17, 15) is 9.18 Å². The standard InChI is InChI=1S/C20H27FN4O3/c1-3-16(28-17-8-5-7-15(21)13-17)14-25-20(22-4-2)24-11-10-23-19(26)18-9-6-12-27-18/h5-9,12-13,16H,3-4,10-11,14H2,1-2H3,(H,23,26)(H2,22,24,25). The number of nitrogens with one attached hydrogen (secondary N) is 3. The Bertz CT molecular complexity index is 750. The predicted octanol–water partition coefficient (Wildman–Crippen LogP) is 2.56. The summed E-state index contributed by atoms with van der Waals surface area (Å²) in [6, 6.07) is 9.35. The zero-order valence-electron chi connectivity index (χ0n) is 16.2. The third-order valence-corrected chi connectivity index (χ3v) is 3.80. The fourth-order valence-electron chi connectivity index (χ4n) is 2.37. The Hall–Kier alpha value is -3.03. The first-order valence-electron chi connectivity index (χ1n) is 9.38. The Morgan fingerprint density at radius 3 is 2.68 bits per heavy atom. The number of halogens is 1. The summed E-state index contributed by atoms with van der Waals surface area (Å²) in [6.07, 6.45) is 2.02. The van der Waals surface area contributed by atoms with Crippen molar-refractivity contribution < 1.29 is 18.3 Å². The molecule has 7 nitrogen and oxygen atoms in total. The quantitative estimate of drug-likeness (QED) is 0.330. The summed E-state index contributed by atoms with van der Waals surface area (Å²) < 4.78 is 24.1. The van der Waals surface area contributed by atoms with E-state index in [4.69, 9.17) is 9.15 Å². The van der Waals surface area contributed by atoms with Gasteiger partial charge < -0.3 is 25.1 Å². The van der Waals surface area contributed by atoms with Gasteiger partial charge in [-0.25, -0.2) is 9.38 Å². The van der Waals surface area contributed by atoms with Crippen molar-refractivity contribution in [1.82, 2.24) is 16.0 Å². The third kappa shape index (κ3) is 7.30. The van der Waals surface area contributed by atoms with E-state index in [0.717, 1.165) is 6.42 Å². The Labute approximate surface area is 164 Å². The van der Waals surface area contributed by atoms with E-state index >= 15 is 0 Å². The molecule has 0 bridgehead atoms. The maximum absolute atomic E-state index is 13.3. The molecule has 0 saturated heterocycles. The average molecular weight is 390 g/mol. The van der Waals surface area contributed by atoms with Crippen LogP contribution in [-0.2, 0) is 0 Å². The molecule has 1 aromatic heterocycles. The SMILES string of the molecule is CCNC(=NCC(CC)Oc1cccc(F)c1)NCCNC(=O)c1ccco1. The van der Waals surface area contributed by atoms with Crippen molar-refractivity contribution in [3.8, 4) is 5.75 Å². The van der Waals surface area contributed by atoms with Gasteiger partial charge in [-0.15, -0.1) is 0 Å². The number of hydrogen-bond donors (Lipinski definition) is 3. The summed E-state index contributed by atoms with van der Waals surface area (Å²) in [5, 5.41) is 9.05. The van der Waals surface area contributed by atoms with Crippen LogP contribution in [0.2, 0.25) is 0 Å². The second-order valence-corrected chi connectivity index (χ2v) is 5.99. The molecule has 0 spiro atoms. The Balaban J connectivity index is 1.80. The first-order chi connectivity index (χ1) is 13.6. The van der Waals surface area contributed by atoms with Gasteiger partial charge in [-0.1, -0.05) is 13.0 Å². The lowest BCUT2D eigenvalue weighted by atomic mass is 10.2. The van der Waals surface area contributed by atoms with Gasteiger partial charge in [0.2, 0.25) is 0 Å². The minimum atomic E-state index is -0.331. The molecule has 0 aliphatic heterocycles. The van der Waals surface area contributed by atoms with Gasteiger partial charge in [0.05, 0.1) is 12.8 Å². The topological polar surface area (TPSA) is 87.9 Å². The molecule has 1 heterocycles. The molecule has 1 aromatic carbocycles. The van der Waals surface area contributed by atoms with Crippen LogP contribution in [0.15, 0.2) is 52.1 Å². The second kappa shape index (κ2) is 11.6. The molecule has 2 rings (SSSR count). The number of hydrogen-bond acceptors (Lipinski definition) is 4. The molecule has 1 amide bonds. The molecule has 8 heteroatoms. The van der Waals surface area contributed by atoms with Gasteiger partial charge in [0, 0.05) is 25.7 Å². The largest absolute Gasteiger partial charge is 0.488 e. The Kier molecular flexibility index (Phi) is 8.84.